The van der Waals surface area contributed by atoms with E-state index in [0.717, 1.165) is 6.54 Å². The fourth-order valence-corrected chi connectivity index (χ4v) is 1.10. The summed E-state index contributed by atoms with van der Waals surface area (Å²) < 4.78 is 10.7. The van der Waals surface area contributed by atoms with Crippen LogP contribution >= 0.6 is 0 Å². The molecule has 0 fully saturated rings. The molecule has 92 valence electrons. The maximum absolute atomic E-state index is 9.89. The number of nitrogens with one attached hydrogen (secondary N) is 1. The molecule has 15 heavy (non-hydrogen) atoms. The van der Waals surface area contributed by atoms with Crippen molar-refractivity contribution < 1.29 is 14.6 Å². The van der Waals surface area contributed by atoms with E-state index in [-0.39, 0.29) is 6.10 Å². The van der Waals surface area contributed by atoms with E-state index in [1.165, 1.54) is 0 Å². The minimum absolute atomic E-state index is 0.0260. The summed E-state index contributed by atoms with van der Waals surface area (Å²) in [5, 5.41) is 13.0. The summed E-state index contributed by atoms with van der Waals surface area (Å²) >= 11 is 0. The van der Waals surface area contributed by atoms with E-state index in [0.29, 0.717) is 26.4 Å². The van der Waals surface area contributed by atoms with Gasteiger partial charge in [-0.25, -0.2) is 0 Å². The summed E-state index contributed by atoms with van der Waals surface area (Å²) in [5.74, 6) is 0. The van der Waals surface area contributed by atoms with Crippen molar-refractivity contribution in [3.05, 3.63) is 0 Å². The van der Waals surface area contributed by atoms with Crippen molar-refractivity contribution in [3.63, 3.8) is 0 Å². The van der Waals surface area contributed by atoms with E-state index in [4.69, 9.17) is 9.47 Å². The van der Waals surface area contributed by atoms with Gasteiger partial charge in [0.05, 0.1) is 24.9 Å². The Hall–Kier alpha value is -0.160. The third kappa shape index (κ3) is 8.81. The standard InChI is InChI=1S/C11H25NO3/c1-5-12-8-11(4,13)9-15-10(3)7-14-6-2/h10,12-13H,5-9H2,1-4H3. The molecule has 0 aliphatic rings. The molecule has 0 spiro atoms. The molecule has 0 aromatic heterocycles. The Labute approximate surface area is 93.0 Å². The highest BCUT2D eigenvalue weighted by Gasteiger charge is 2.21. The lowest BCUT2D eigenvalue weighted by Gasteiger charge is -2.25. The maximum Gasteiger partial charge on any atom is 0.0975 e. The second kappa shape index (κ2) is 8.05. The first kappa shape index (κ1) is 14.8. The molecule has 0 aliphatic heterocycles. The minimum atomic E-state index is -0.809. The van der Waals surface area contributed by atoms with Crippen LogP contribution in [0.4, 0.5) is 0 Å². The van der Waals surface area contributed by atoms with Crippen molar-refractivity contribution in [2.24, 2.45) is 0 Å². The quantitative estimate of drug-likeness (QED) is 0.602. The molecule has 0 rings (SSSR count). The lowest BCUT2D eigenvalue weighted by atomic mass is 10.1. The highest BCUT2D eigenvalue weighted by Crippen LogP contribution is 2.04. The van der Waals surface area contributed by atoms with Crippen molar-refractivity contribution in [1.82, 2.24) is 5.32 Å². The number of hydrogen-bond acceptors (Lipinski definition) is 4. The van der Waals surface area contributed by atoms with E-state index in [1.807, 2.05) is 20.8 Å². The van der Waals surface area contributed by atoms with E-state index in [2.05, 4.69) is 5.32 Å². The van der Waals surface area contributed by atoms with Crippen molar-refractivity contribution in [1.29, 1.82) is 0 Å². The maximum atomic E-state index is 9.89. The third-order valence-electron chi connectivity index (χ3n) is 1.99. The lowest BCUT2D eigenvalue weighted by molar-refractivity contribution is -0.0766. The van der Waals surface area contributed by atoms with Crippen molar-refractivity contribution in [2.45, 2.75) is 39.4 Å². The van der Waals surface area contributed by atoms with Crippen LogP contribution in [0.2, 0.25) is 0 Å². The number of rotatable bonds is 9. The van der Waals surface area contributed by atoms with Crippen molar-refractivity contribution >= 4 is 0 Å². The Morgan fingerprint density at radius 1 is 1.40 bits per heavy atom. The van der Waals surface area contributed by atoms with Crippen LogP contribution in [-0.2, 0) is 9.47 Å². The van der Waals surface area contributed by atoms with E-state index >= 15 is 0 Å². The Morgan fingerprint density at radius 3 is 2.60 bits per heavy atom. The summed E-state index contributed by atoms with van der Waals surface area (Å²) in [6.45, 7) is 10.7. The molecular weight excluding hydrogens is 194 g/mol. The average Bonchev–Trinajstić information content (AvgIpc) is 2.21. The minimum Gasteiger partial charge on any atom is -0.386 e. The van der Waals surface area contributed by atoms with E-state index in [9.17, 15) is 5.11 Å². The zero-order valence-corrected chi connectivity index (χ0v) is 10.4. The van der Waals surface area contributed by atoms with Crippen LogP contribution < -0.4 is 5.32 Å². The molecule has 2 unspecified atom stereocenters. The van der Waals surface area contributed by atoms with Crippen LogP contribution in [0.1, 0.15) is 27.7 Å². The monoisotopic (exact) mass is 219 g/mol. The highest BCUT2D eigenvalue weighted by molar-refractivity contribution is 4.74. The molecule has 2 atom stereocenters. The van der Waals surface area contributed by atoms with Crippen LogP contribution in [-0.4, -0.2) is 49.7 Å². The zero-order chi connectivity index (χ0) is 11.7. The zero-order valence-electron chi connectivity index (χ0n) is 10.4. The molecule has 0 saturated heterocycles. The number of ether oxygens (including phenoxy) is 2. The van der Waals surface area contributed by atoms with Gasteiger partial charge in [0.1, 0.15) is 0 Å². The van der Waals surface area contributed by atoms with Crippen LogP contribution in [0.25, 0.3) is 0 Å². The molecule has 0 aliphatic carbocycles. The molecule has 0 heterocycles. The molecular formula is C11H25NO3. The Balaban J connectivity index is 3.62. The Bertz CT molecular complexity index is 151. The van der Waals surface area contributed by atoms with Crippen LogP contribution in [0.5, 0.6) is 0 Å². The largest absolute Gasteiger partial charge is 0.386 e. The molecule has 0 amide bonds. The number of hydrogen-bond donors (Lipinski definition) is 2. The van der Waals surface area contributed by atoms with Gasteiger partial charge in [0.15, 0.2) is 0 Å². The van der Waals surface area contributed by atoms with E-state index < -0.39 is 5.60 Å². The summed E-state index contributed by atoms with van der Waals surface area (Å²) in [4.78, 5) is 0. The molecule has 2 N–H and O–H groups in total. The molecule has 0 bridgehead atoms. The first-order chi connectivity index (χ1) is 7.02. The van der Waals surface area contributed by atoms with Gasteiger partial charge in [-0.1, -0.05) is 6.92 Å². The summed E-state index contributed by atoms with van der Waals surface area (Å²) in [6.07, 6.45) is 0.0260. The van der Waals surface area contributed by atoms with Crippen LogP contribution in [0.15, 0.2) is 0 Å². The Morgan fingerprint density at radius 2 is 2.07 bits per heavy atom. The van der Waals surface area contributed by atoms with Gasteiger partial charge >= 0.3 is 0 Å². The number of likely N-dealkylation sites (N-methyl/N-ethyl adjacent to an activating group) is 1. The topological polar surface area (TPSA) is 50.7 Å². The van der Waals surface area contributed by atoms with Gasteiger partial charge in [0, 0.05) is 13.2 Å². The predicted octanol–water partition coefficient (Wildman–Crippen LogP) is 0.788. The normalized spacial score (nSPS) is 17.4. The van der Waals surface area contributed by atoms with Crippen LogP contribution in [0, 0.1) is 0 Å². The number of aliphatic hydroxyl groups is 1. The predicted molar refractivity (Wildman–Crippen MR) is 61.1 cm³/mol. The van der Waals surface area contributed by atoms with Gasteiger partial charge < -0.3 is 19.9 Å². The summed E-state index contributed by atoms with van der Waals surface area (Å²) in [6, 6.07) is 0. The second-order valence-corrected chi connectivity index (χ2v) is 4.06. The second-order valence-electron chi connectivity index (χ2n) is 4.06. The first-order valence-electron chi connectivity index (χ1n) is 5.64. The Kier molecular flexibility index (Phi) is 7.96. The van der Waals surface area contributed by atoms with Gasteiger partial charge in [-0.15, -0.1) is 0 Å². The summed E-state index contributed by atoms with van der Waals surface area (Å²) in [5.41, 5.74) is -0.809. The van der Waals surface area contributed by atoms with Crippen LogP contribution in [0.3, 0.4) is 0 Å². The molecule has 0 saturated carbocycles. The third-order valence-corrected chi connectivity index (χ3v) is 1.99. The molecule has 4 heteroatoms. The van der Waals surface area contributed by atoms with E-state index in [1.54, 1.807) is 6.92 Å². The van der Waals surface area contributed by atoms with Gasteiger partial charge in [-0.2, -0.15) is 0 Å². The van der Waals surface area contributed by atoms with Gasteiger partial charge in [0.25, 0.3) is 0 Å². The first-order valence-corrected chi connectivity index (χ1v) is 5.64. The lowest BCUT2D eigenvalue weighted by Crippen LogP contribution is -2.43. The van der Waals surface area contributed by atoms with Gasteiger partial charge in [0.2, 0.25) is 0 Å². The average molecular weight is 219 g/mol. The SMILES string of the molecule is CCNCC(C)(O)COC(C)COCC. The summed E-state index contributed by atoms with van der Waals surface area (Å²) in [7, 11) is 0. The highest BCUT2D eigenvalue weighted by atomic mass is 16.5. The fraction of sp³-hybridized carbons (Fsp3) is 1.00. The van der Waals surface area contributed by atoms with Crippen molar-refractivity contribution in [3.8, 4) is 0 Å². The van der Waals surface area contributed by atoms with Gasteiger partial charge in [-0.3, -0.25) is 0 Å². The smallest absolute Gasteiger partial charge is 0.0975 e. The fourth-order valence-electron chi connectivity index (χ4n) is 1.10. The van der Waals surface area contributed by atoms with Gasteiger partial charge in [-0.05, 0) is 27.3 Å². The molecule has 0 radical (unpaired) electrons. The molecule has 4 nitrogen and oxygen atoms in total. The molecule has 0 aromatic rings. The molecule has 0 aromatic carbocycles. The van der Waals surface area contributed by atoms with Crippen molar-refractivity contribution in [2.75, 3.05) is 32.9 Å².